The molecule has 3 nitrogen and oxygen atoms in total. The molecule has 1 aliphatic rings. The molecule has 1 heterocycles. The molecule has 0 aliphatic carbocycles. The summed E-state index contributed by atoms with van der Waals surface area (Å²) >= 11 is 0. The van der Waals surface area contributed by atoms with Crippen molar-refractivity contribution < 1.29 is 9.53 Å². The van der Waals surface area contributed by atoms with E-state index in [0.717, 1.165) is 31.4 Å². The lowest BCUT2D eigenvalue weighted by Gasteiger charge is -2.32. The maximum atomic E-state index is 12.0. The first-order chi connectivity index (χ1) is 8.81. The number of amides is 1. The van der Waals surface area contributed by atoms with Gasteiger partial charge in [-0.15, -0.1) is 6.58 Å². The Labute approximate surface area is 108 Å². The zero-order valence-electron chi connectivity index (χ0n) is 10.5. The fourth-order valence-electron chi connectivity index (χ4n) is 2.23. The molecule has 0 spiro atoms. The van der Waals surface area contributed by atoms with E-state index in [0.29, 0.717) is 6.61 Å². The van der Waals surface area contributed by atoms with Gasteiger partial charge in [-0.05, 0) is 24.8 Å². The molecule has 18 heavy (non-hydrogen) atoms. The molecule has 1 aliphatic heterocycles. The molecule has 96 valence electrons. The minimum atomic E-state index is -0.233. The third kappa shape index (κ3) is 3.13. The van der Waals surface area contributed by atoms with E-state index in [-0.39, 0.29) is 12.1 Å². The Balaban J connectivity index is 1.89. The van der Waals surface area contributed by atoms with E-state index in [1.807, 2.05) is 36.4 Å². The average Bonchev–Trinajstić information content (AvgIpc) is 2.45. The molecule has 2 rings (SSSR count). The van der Waals surface area contributed by atoms with Crippen LogP contribution in [0.5, 0.6) is 0 Å². The smallest absolute Gasteiger partial charge is 0.410 e. The number of ether oxygens (including phenoxy) is 1. The maximum absolute atomic E-state index is 12.0. The largest absolute Gasteiger partial charge is 0.445 e. The summed E-state index contributed by atoms with van der Waals surface area (Å²) in [5.74, 6) is 0. The molecule has 1 atom stereocenters. The summed E-state index contributed by atoms with van der Waals surface area (Å²) in [6, 6.07) is 9.86. The topological polar surface area (TPSA) is 29.5 Å². The molecule has 0 saturated carbocycles. The molecule has 0 radical (unpaired) electrons. The van der Waals surface area contributed by atoms with Crippen LogP contribution in [0.3, 0.4) is 0 Å². The normalized spacial score (nSPS) is 19.3. The first kappa shape index (κ1) is 12.7. The van der Waals surface area contributed by atoms with Gasteiger partial charge in [0.05, 0.1) is 6.04 Å². The first-order valence-corrected chi connectivity index (χ1v) is 6.41. The van der Waals surface area contributed by atoms with Crippen LogP contribution in [-0.4, -0.2) is 23.6 Å². The van der Waals surface area contributed by atoms with Crippen LogP contribution in [0.25, 0.3) is 0 Å². The standard InChI is InChI=1S/C15H19NO2/c1-2-14-10-6-7-11-16(14)15(17)18-12-13-8-4-3-5-9-13/h2-5,8-9,14H,1,6-7,10-12H2/t14-/m1/s1. The lowest BCUT2D eigenvalue weighted by atomic mass is 10.0. The van der Waals surface area contributed by atoms with Crippen LogP contribution in [-0.2, 0) is 11.3 Å². The van der Waals surface area contributed by atoms with Crippen molar-refractivity contribution in [2.24, 2.45) is 0 Å². The molecule has 1 aromatic rings. The van der Waals surface area contributed by atoms with Crippen molar-refractivity contribution in [1.82, 2.24) is 4.90 Å². The number of carbonyl (C=O) groups is 1. The van der Waals surface area contributed by atoms with Gasteiger partial charge in [-0.2, -0.15) is 0 Å². The summed E-state index contributed by atoms with van der Waals surface area (Å²) in [7, 11) is 0. The summed E-state index contributed by atoms with van der Waals surface area (Å²) < 4.78 is 5.34. The third-order valence-corrected chi connectivity index (χ3v) is 3.26. The van der Waals surface area contributed by atoms with E-state index in [9.17, 15) is 4.79 Å². The van der Waals surface area contributed by atoms with Gasteiger partial charge in [0.15, 0.2) is 0 Å². The Morgan fingerprint density at radius 3 is 2.89 bits per heavy atom. The molecule has 1 saturated heterocycles. The number of hydrogen-bond donors (Lipinski definition) is 0. The lowest BCUT2D eigenvalue weighted by Crippen LogP contribution is -2.42. The molecular formula is C15H19NO2. The van der Waals surface area contributed by atoms with Gasteiger partial charge >= 0.3 is 6.09 Å². The predicted octanol–water partition coefficient (Wildman–Crippen LogP) is 3.36. The summed E-state index contributed by atoms with van der Waals surface area (Å²) in [4.78, 5) is 13.8. The Kier molecular flexibility index (Phi) is 4.40. The van der Waals surface area contributed by atoms with Crippen molar-refractivity contribution in [3.63, 3.8) is 0 Å². The van der Waals surface area contributed by atoms with E-state index in [1.165, 1.54) is 0 Å². The number of benzene rings is 1. The lowest BCUT2D eigenvalue weighted by molar-refractivity contribution is 0.0776. The maximum Gasteiger partial charge on any atom is 0.410 e. The number of nitrogens with zero attached hydrogens (tertiary/aromatic N) is 1. The minimum Gasteiger partial charge on any atom is -0.445 e. The zero-order valence-corrected chi connectivity index (χ0v) is 10.5. The Hall–Kier alpha value is -1.77. The van der Waals surface area contributed by atoms with Crippen molar-refractivity contribution in [2.75, 3.05) is 6.54 Å². The molecule has 1 amide bonds. The van der Waals surface area contributed by atoms with Gasteiger partial charge in [0.25, 0.3) is 0 Å². The Morgan fingerprint density at radius 2 is 2.17 bits per heavy atom. The number of carbonyl (C=O) groups excluding carboxylic acids is 1. The van der Waals surface area contributed by atoms with E-state index in [2.05, 4.69) is 6.58 Å². The van der Waals surface area contributed by atoms with Gasteiger partial charge in [0.1, 0.15) is 6.61 Å². The second-order valence-electron chi connectivity index (χ2n) is 4.53. The Morgan fingerprint density at radius 1 is 1.39 bits per heavy atom. The highest BCUT2D eigenvalue weighted by Gasteiger charge is 2.25. The van der Waals surface area contributed by atoms with E-state index in [4.69, 9.17) is 4.74 Å². The summed E-state index contributed by atoms with van der Waals surface area (Å²) in [5, 5.41) is 0. The van der Waals surface area contributed by atoms with Crippen LogP contribution in [0.4, 0.5) is 4.79 Å². The summed E-state index contributed by atoms with van der Waals surface area (Å²) in [5.41, 5.74) is 1.01. The van der Waals surface area contributed by atoms with E-state index < -0.39 is 0 Å². The van der Waals surface area contributed by atoms with Crippen molar-refractivity contribution in [3.05, 3.63) is 48.6 Å². The summed E-state index contributed by atoms with van der Waals surface area (Å²) in [6.45, 7) is 4.89. The number of rotatable bonds is 3. The van der Waals surface area contributed by atoms with Gasteiger partial charge in [-0.3, -0.25) is 0 Å². The zero-order chi connectivity index (χ0) is 12.8. The molecular weight excluding hydrogens is 226 g/mol. The van der Waals surface area contributed by atoms with E-state index >= 15 is 0 Å². The van der Waals surface area contributed by atoms with Crippen LogP contribution in [0.15, 0.2) is 43.0 Å². The van der Waals surface area contributed by atoms with Crippen LogP contribution >= 0.6 is 0 Å². The van der Waals surface area contributed by atoms with Gasteiger partial charge in [0.2, 0.25) is 0 Å². The molecule has 0 N–H and O–H groups in total. The van der Waals surface area contributed by atoms with Crippen molar-refractivity contribution in [1.29, 1.82) is 0 Å². The van der Waals surface area contributed by atoms with Gasteiger partial charge in [-0.1, -0.05) is 36.4 Å². The average molecular weight is 245 g/mol. The van der Waals surface area contributed by atoms with Crippen LogP contribution in [0.2, 0.25) is 0 Å². The molecule has 1 aromatic carbocycles. The second-order valence-corrected chi connectivity index (χ2v) is 4.53. The predicted molar refractivity (Wildman–Crippen MR) is 71.2 cm³/mol. The van der Waals surface area contributed by atoms with Crippen LogP contribution in [0.1, 0.15) is 24.8 Å². The minimum absolute atomic E-state index is 0.127. The highest BCUT2D eigenvalue weighted by molar-refractivity contribution is 5.68. The second kappa shape index (κ2) is 6.24. The van der Waals surface area contributed by atoms with Gasteiger partial charge in [0, 0.05) is 6.54 Å². The molecule has 3 heteroatoms. The van der Waals surface area contributed by atoms with Gasteiger partial charge in [-0.25, -0.2) is 4.79 Å². The molecule has 0 bridgehead atoms. The molecule has 0 aromatic heterocycles. The van der Waals surface area contributed by atoms with E-state index in [1.54, 1.807) is 4.90 Å². The highest BCUT2D eigenvalue weighted by atomic mass is 16.6. The van der Waals surface area contributed by atoms with Crippen molar-refractivity contribution >= 4 is 6.09 Å². The van der Waals surface area contributed by atoms with Crippen LogP contribution in [0, 0.1) is 0 Å². The van der Waals surface area contributed by atoms with Crippen molar-refractivity contribution in [2.45, 2.75) is 31.9 Å². The third-order valence-electron chi connectivity index (χ3n) is 3.26. The fraction of sp³-hybridized carbons (Fsp3) is 0.400. The number of likely N-dealkylation sites (tertiary alicyclic amines) is 1. The summed E-state index contributed by atoms with van der Waals surface area (Å²) in [6.07, 6.45) is 4.79. The number of hydrogen-bond acceptors (Lipinski definition) is 2. The highest BCUT2D eigenvalue weighted by Crippen LogP contribution is 2.19. The Bertz CT molecular complexity index is 402. The fourth-order valence-corrected chi connectivity index (χ4v) is 2.23. The number of piperidine rings is 1. The monoisotopic (exact) mass is 245 g/mol. The van der Waals surface area contributed by atoms with Crippen molar-refractivity contribution in [3.8, 4) is 0 Å². The quantitative estimate of drug-likeness (QED) is 0.764. The first-order valence-electron chi connectivity index (χ1n) is 6.41. The SMILES string of the molecule is C=C[C@@H]1CCCCN1C(=O)OCc1ccccc1. The molecule has 1 fully saturated rings. The van der Waals surface area contributed by atoms with Gasteiger partial charge < -0.3 is 9.64 Å². The van der Waals surface area contributed by atoms with Crippen LogP contribution < -0.4 is 0 Å². The molecule has 0 unspecified atom stereocenters.